The van der Waals surface area contributed by atoms with Crippen LogP contribution in [-0.2, 0) is 14.3 Å². The minimum Gasteiger partial charge on any atom is -0.454 e. The van der Waals surface area contributed by atoms with Crippen molar-refractivity contribution < 1.29 is 23.4 Å². The molecule has 0 spiro atoms. The molecule has 3 atom stereocenters. The van der Waals surface area contributed by atoms with E-state index in [4.69, 9.17) is 14.2 Å². The Hall–Kier alpha value is -2.91. The molecule has 3 unspecified atom stereocenters. The second-order valence-electron chi connectivity index (χ2n) is 7.99. The lowest BCUT2D eigenvalue weighted by Gasteiger charge is -2.14. The van der Waals surface area contributed by atoms with Gasteiger partial charge in [-0.2, -0.15) is 5.26 Å². The molecule has 158 valence electrons. The van der Waals surface area contributed by atoms with E-state index < -0.39 is 23.8 Å². The predicted molar refractivity (Wildman–Crippen MR) is 109 cm³/mol. The van der Waals surface area contributed by atoms with Crippen LogP contribution in [0.5, 0.6) is 11.5 Å². The fourth-order valence-corrected chi connectivity index (χ4v) is 3.42. The topological polar surface area (TPSA) is 68.5 Å². The molecule has 0 N–H and O–H groups in total. The molecule has 2 aromatic carbocycles. The van der Waals surface area contributed by atoms with Gasteiger partial charge in [-0.3, -0.25) is 4.79 Å². The van der Waals surface area contributed by atoms with Gasteiger partial charge in [-0.25, -0.2) is 4.39 Å². The van der Waals surface area contributed by atoms with Crippen LogP contribution in [0, 0.1) is 28.5 Å². The molecule has 6 heteroatoms. The lowest BCUT2D eigenvalue weighted by Crippen LogP contribution is -2.15. The molecule has 30 heavy (non-hydrogen) atoms. The molecule has 2 aromatic rings. The van der Waals surface area contributed by atoms with Gasteiger partial charge in [-0.05, 0) is 30.7 Å². The Morgan fingerprint density at radius 1 is 1.23 bits per heavy atom. The highest BCUT2D eigenvalue weighted by atomic mass is 19.1. The van der Waals surface area contributed by atoms with E-state index in [1.807, 2.05) is 26.0 Å². The summed E-state index contributed by atoms with van der Waals surface area (Å²) in [6.07, 6.45) is 0.552. The molecule has 5 nitrogen and oxygen atoms in total. The summed E-state index contributed by atoms with van der Waals surface area (Å²) in [7, 11) is 0. The SMILES string of the molecule is CCCCOC1C(C(=O)OC(C#N)c2ccc(F)c(Oc3ccccc3)c2)C1(C)C. The molecular formula is C24H26FNO4. The van der Waals surface area contributed by atoms with Crippen molar-refractivity contribution in [1.29, 1.82) is 5.26 Å². The van der Waals surface area contributed by atoms with Crippen LogP contribution in [0.3, 0.4) is 0 Å². The normalized spacial score (nSPS) is 20.1. The smallest absolute Gasteiger partial charge is 0.313 e. The zero-order valence-electron chi connectivity index (χ0n) is 17.4. The van der Waals surface area contributed by atoms with Crippen LogP contribution >= 0.6 is 0 Å². The molecule has 1 fully saturated rings. The Labute approximate surface area is 176 Å². The number of ether oxygens (including phenoxy) is 3. The van der Waals surface area contributed by atoms with Gasteiger partial charge in [0.2, 0.25) is 6.10 Å². The van der Waals surface area contributed by atoms with Gasteiger partial charge in [0.15, 0.2) is 11.6 Å². The molecule has 0 aliphatic heterocycles. The molecule has 0 radical (unpaired) electrons. The molecule has 0 bridgehead atoms. The van der Waals surface area contributed by atoms with Crippen molar-refractivity contribution >= 4 is 5.97 Å². The molecule has 3 rings (SSSR count). The Bertz CT molecular complexity index is 923. The fourth-order valence-electron chi connectivity index (χ4n) is 3.42. The van der Waals surface area contributed by atoms with Gasteiger partial charge in [0.1, 0.15) is 11.8 Å². The van der Waals surface area contributed by atoms with Crippen LogP contribution in [0.4, 0.5) is 4.39 Å². The highest BCUT2D eigenvalue weighted by Gasteiger charge is 2.64. The molecule has 1 saturated carbocycles. The van der Waals surface area contributed by atoms with Gasteiger partial charge in [0, 0.05) is 17.6 Å². The van der Waals surface area contributed by atoms with Gasteiger partial charge < -0.3 is 14.2 Å². The van der Waals surface area contributed by atoms with Crippen LogP contribution in [0.2, 0.25) is 0 Å². The summed E-state index contributed by atoms with van der Waals surface area (Å²) in [5, 5.41) is 9.56. The summed E-state index contributed by atoms with van der Waals surface area (Å²) in [6.45, 7) is 6.55. The van der Waals surface area contributed by atoms with E-state index in [2.05, 4.69) is 6.92 Å². The molecular weight excluding hydrogens is 385 g/mol. The zero-order chi connectivity index (χ0) is 21.7. The van der Waals surface area contributed by atoms with Gasteiger partial charge in [0.25, 0.3) is 0 Å². The zero-order valence-corrected chi connectivity index (χ0v) is 17.4. The van der Waals surface area contributed by atoms with E-state index in [1.54, 1.807) is 24.3 Å². The maximum atomic E-state index is 14.2. The van der Waals surface area contributed by atoms with E-state index in [0.29, 0.717) is 17.9 Å². The fraction of sp³-hybridized carbons (Fsp3) is 0.417. The van der Waals surface area contributed by atoms with Gasteiger partial charge in [0.05, 0.1) is 12.0 Å². The summed E-state index contributed by atoms with van der Waals surface area (Å²) in [4.78, 5) is 12.7. The number of hydrogen-bond donors (Lipinski definition) is 0. The second-order valence-corrected chi connectivity index (χ2v) is 7.99. The number of halogens is 1. The molecule has 0 heterocycles. The molecule has 0 amide bonds. The summed E-state index contributed by atoms with van der Waals surface area (Å²) in [5.74, 6) is -1.06. The number of rotatable bonds is 9. The van der Waals surface area contributed by atoms with Crippen molar-refractivity contribution in [1.82, 2.24) is 0 Å². The minimum absolute atomic E-state index is 0.0393. The number of carbonyl (C=O) groups excluding carboxylic acids is 1. The van der Waals surface area contributed by atoms with Crippen LogP contribution in [0.15, 0.2) is 48.5 Å². The van der Waals surface area contributed by atoms with Crippen LogP contribution < -0.4 is 4.74 Å². The van der Waals surface area contributed by atoms with Crippen molar-refractivity contribution in [2.45, 2.75) is 45.8 Å². The van der Waals surface area contributed by atoms with Crippen molar-refractivity contribution in [3.8, 4) is 17.6 Å². The first-order valence-corrected chi connectivity index (χ1v) is 10.1. The Morgan fingerprint density at radius 2 is 1.97 bits per heavy atom. The second kappa shape index (κ2) is 9.27. The number of benzene rings is 2. The Balaban J connectivity index is 1.70. The quantitative estimate of drug-likeness (QED) is 0.399. The molecule has 1 aliphatic carbocycles. The Morgan fingerprint density at radius 3 is 2.63 bits per heavy atom. The first-order chi connectivity index (χ1) is 14.4. The summed E-state index contributed by atoms with van der Waals surface area (Å²) < 4.78 is 31.0. The van der Waals surface area contributed by atoms with Crippen molar-refractivity contribution in [2.24, 2.45) is 11.3 Å². The van der Waals surface area contributed by atoms with Crippen LogP contribution in [0.1, 0.15) is 45.3 Å². The lowest BCUT2D eigenvalue weighted by molar-refractivity contribution is -0.150. The lowest BCUT2D eigenvalue weighted by atomic mass is 10.1. The standard InChI is InChI=1S/C24H26FNO4/c1-4-5-13-28-22-21(24(22,2)3)23(27)30-20(15-26)16-11-12-18(25)19(14-16)29-17-9-7-6-8-10-17/h6-12,14,20-22H,4-5,13H2,1-3H3. The highest BCUT2D eigenvalue weighted by molar-refractivity contribution is 5.78. The third-order valence-electron chi connectivity index (χ3n) is 5.36. The average Bonchev–Trinajstić information content (AvgIpc) is 3.29. The van der Waals surface area contributed by atoms with E-state index in [0.717, 1.165) is 12.8 Å². The van der Waals surface area contributed by atoms with Gasteiger partial charge in [-0.15, -0.1) is 0 Å². The average molecular weight is 411 g/mol. The Kier molecular flexibility index (Phi) is 6.73. The highest BCUT2D eigenvalue weighted by Crippen LogP contribution is 2.55. The van der Waals surface area contributed by atoms with Crippen LogP contribution in [-0.4, -0.2) is 18.7 Å². The third kappa shape index (κ3) is 4.80. The van der Waals surface area contributed by atoms with E-state index in [-0.39, 0.29) is 17.3 Å². The van der Waals surface area contributed by atoms with Crippen molar-refractivity contribution in [3.63, 3.8) is 0 Å². The molecule has 0 aromatic heterocycles. The van der Waals surface area contributed by atoms with E-state index >= 15 is 0 Å². The van der Waals surface area contributed by atoms with Crippen molar-refractivity contribution in [3.05, 3.63) is 59.9 Å². The van der Waals surface area contributed by atoms with Gasteiger partial charge in [-0.1, -0.05) is 51.5 Å². The van der Waals surface area contributed by atoms with E-state index in [9.17, 15) is 14.4 Å². The summed E-state index contributed by atoms with van der Waals surface area (Å²) in [6, 6.07) is 14.7. The molecule has 0 saturated heterocycles. The summed E-state index contributed by atoms with van der Waals surface area (Å²) >= 11 is 0. The maximum absolute atomic E-state index is 14.2. The largest absolute Gasteiger partial charge is 0.454 e. The number of nitriles is 1. The minimum atomic E-state index is -1.16. The number of carbonyl (C=O) groups is 1. The van der Waals surface area contributed by atoms with Crippen molar-refractivity contribution in [2.75, 3.05) is 6.61 Å². The number of hydrogen-bond acceptors (Lipinski definition) is 5. The number of para-hydroxylation sites is 1. The molecule has 1 aliphatic rings. The predicted octanol–water partition coefficient (Wildman–Crippen LogP) is 5.57. The number of nitrogens with zero attached hydrogens (tertiary/aromatic N) is 1. The number of esters is 1. The number of unbranched alkanes of at least 4 members (excludes halogenated alkanes) is 1. The van der Waals surface area contributed by atoms with Gasteiger partial charge >= 0.3 is 5.97 Å². The van der Waals surface area contributed by atoms with E-state index in [1.165, 1.54) is 18.2 Å². The van der Waals surface area contributed by atoms with Crippen LogP contribution in [0.25, 0.3) is 0 Å². The maximum Gasteiger partial charge on any atom is 0.313 e. The first kappa shape index (κ1) is 21.8. The monoisotopic (exact) mass is 411 g/mol. The summed E-state index contributed by atoms with van der Waals surface area (Å²) in [5.41, 5.74) is 0.00922. The first-order valence-electron chi connectivity index (χ1n) is 10.1. The third-order valence-corrected chi connectivity index (χ3v) is 5.36.